The maximum Gasteiger partial charge on any atom is 1.00 e. The Kier molecular flexibility index (Phi) is 26.2. The van der Waals surface area contributed by atoms with Crippen LogP contribution in [0.4, 0.5) is 9.09 Å². The molecule has 2 aliphatic rings. The van der Waals surface area contributed by atoms with Crippen molar-refractivity contribution in [1.82, 2.24) is 29.2 Å². The van der Waals surface area contributed by atoms with Crippen molar-refractivity contribution in [3.63, 3.8) is 0 Å². The second-order valence-electron chi connectivity index (χ2n) is 15.3. The summed E-state index contributed by atoms with van der Waals surface area (Å²) >= 11 is 30.3. The minimum atomic E-state index is -3.34. The largest absolute Gasteiger partial charge is 1.00 e. The van der Waals surface area contributed by atoms with Crippen molar-refractivity contribution >= 4 is 89.9 Å². The third-order valence-corrected chi connectivity index (χ3v) is 16.6. The van der Waals surface area contributed by atoms with E-state index in [0.29, 0.717) is 78.1 Å². The van der Waals surface area contributed by atoms with Crippen molar-refractivity contribution in [2.24, 2.45) is 0 Å². The van der Waals surface area contributed by atoms with Crippen LogP contribution >= 0.6 is 58.0 Å². The van der Waals surface area contributed by atoms with Gasteiger partial charge in [0.2, 0.25) is 26.0 Å². The van der Waals surface area contributed by atoms with Crippen LogP contribution in [0, 0.1) is 5.95 Å². The molecule has 2 aromatic carbocycles. The molecule has 66 heavy (non-hydrogen) atoms. The summed E-state index contributed by atoms with van der Waals surface area (Å²) in [7, 11) is -6.62. The number of carbonyl (C=O) groups excluding carboxylic acids is 2. The van der Waals surface area contributed by atoms with Crippen LogP contribution in [0.15, 0.2) is 72.8 Å². The maximum atomic E-state index is 13.9. The number of hydrogen-bond donors (Lipinski definition) is 2. The molecule has 2 N–H and O–H groups in total. The molecule has 0 unspecified atom stereocenters. The molecule has 23 heteroatoms. The van der Waals surface area contributed by atoms with Gasteiger partial charge in [-0.3, -0.25) is 14.3 Å². The molecule has 12 nitrogen and oxygen atoms in total. The van der Waals surface area contributed by atoms with Gasteiger partial charge >= 0.3 is 51.4 Å². The fourth-order valence-corrected chi connectivity index (χ4v) is 11.8. The van der Waals surface area contributed by atoms with E-state index in [2.05, 4.69) is 20.6 Å². The second-order valence-corrected chi connectivity index (χ2v) is 21.5. The fraction of sp³-hybridized carbons (Fsp3) is 0.442. The van der Waals surface area contributed by atoms with Gasteiger partial charge in [0.05, 0.1) is 44.1 Å². The van der Waals surface area contributed by atoms with Gasteiger partial charge < -0.3 is 15.3 Å². The van der Waals surface area contributed by atoms with E-state index in [9.17, 15) is 30.8 Å². The number of piperidine rings is 2. The molecule has 2 fully saturated rings. The molecule has 0 aliphatic carbocycles. The first-order chi connectivity index (χ1) is 29.3. The number of amides is 2. The quantitative estimate of drug-likeness (QED) is 0.144. The molecule has 2 aliphatic heterocycles. The van der Waals surface area contributed by atoms with Gasteiger partial charge in [0, 0.05) is 60.1 Å². The van der Waals surface area contributed by atoms with Crippen molar-refractivity contribution in [2.45, 2.75) is 70.6 Å². The zero-order chi connectivity index (χ0) is 45.3. The summed E-state index contributed by atoms with van der Waals surface area (Å²) < 4.78 is 66.8. The number of halogens is 8. The Morgan fingerprint density at radius 1 is 0.652 bits per heavy atom. The summed E-state index contributed by atoms with van der Waals surface area (Å²) in [4.78, 5) is 34.0. The number of sulfonamides is 2. The molecular weight excluding hydrogens is 1030 g/mol. The predicted molar refractivity (Wildman–Crippen MR) is 253 cm³/mol. The summed E-state index contributed by atoms with van der Waals surface area (Å²) in [5, 5.41) is 7.53. The molecule has 2 saturated heterocycles. The molecule has 6 rings (SSSR count). The molecule has 0 atom stereocenters. The van der Waals surface area contributed by atoms with Crippen LogP contribution in [0.3, 0.4) is 0 Å². The van der Waals surface area contributed by atoms with Crippen molar-refractivity contribution in [2.75, 3.05) is 50.8 Å². The summed E-state index contributed by atoms with van der Waals surface area (Å²) in [6.07, 6.45) is 2.93. The van der Waals surface area contributed by atoms with Crippen LogP contribution < -0.4 is 66.7 Å². The Hall–Kier alpha value is -1.62. The van der Waals surface area contributed by atoms with E-state index in [4.69, 9.17) is 58.0 Å². The van der Waals surface area contributed by atoms with E-state index in [0.717, 1.165) is 5.69 Å². The van der Waals surface area contributed by atoms with Crippen LogP contribution in [0.1, 0.15) is 91.9 Å². The minimum absolute atomic E-state index is 0. The number of benzene rings is 2. The van der Waals surface area contributed by atoms with Gasteiger partial charge in [0.15, 0.2) is 0 Å². The molecule has 360 valence electrons. The zero-order valence-electron chi connectivity index (χ0n) is 35.9. The molecule has 0 bridgehead atoms. The molecular formula is C43H53Cl5F3KN6O6S2. The van der Waals surface area contributed by atoms with Crippen LogP contribution in [-0.2, 0) is 30.9 Å². The van der Waals surface area contributed by atoms with Crippen molar-refractivity contribution in [3.05, 3.63) is 127 Å². The zero-order valence-corrected chi connectivity index (χ0v) is 44.5. The Morgan fingerprint density at radius 3 is 1.38 bits per heavy atom. The van der Waals surface area contributed by atoms with E-state index in [1.165, 1.54) is 32.9 Å². The van der Waals surface area contributed by atoms with E-state index in [-0.39, 0.29) is 127 Å². The maximum absolute atomic E-state index is 13.9. The van der Waals surface area contributed by atoms with Gasteiger partial charge in [0.1, 0.15) is 5.15 Å². The van der Waals surface area contributed by atoms with E-state index in [1.54, 1.807) is 36.4 Å². The Bertz CT molecular complexity index is 2300. The normalized spacial score (nSPS) is 15.8. The predicted octanol–water partition coefficient (Wildman–Crippen LogP) is 3.37. The number of pyridine rings is 2. The van der Waals surface area contributed by atoms with Gasteiger partial charge in [0.25, 0.3) is 11.8 Å². The Labute approximate surface area is 453 Å². The monoisotopic (exact) mass is 1080 g/mol. The van der Waals surface area contributed by atoms with Crippen LogP contribution in [0.5, 0.6) is 0 Å². The standard InChI is InChI=1S/C21H24Cl3N3O3S.C21H24Cl2FN3O3S.CH4.2FH.K/c2*1-2-12-31(29,30)27-10-8-21(9-11-27,18-4-3-5-19(24)26-18)14-25-20(28)16-7-6-15(22)13-17(16)23;;;;/h2*3-7,13H,2,8-12,14H2,1H3,(H,25,28);1H4;2*1H;/q;;;;;+1/p-1/i;24-1;;1-1;;. The second kappa shape index (κ2) is 27.7. The number of nitrogens with zero attached hydrogens (tertiary/aromatic N) is 4. The average molecular weight is 1090 g/mol. The van der Waals surface area contributed by atoms with E-state index >= 15 is 0 Å². The van der Waals surface area contributed by atoms with Crippen LogP contribution in [0.2, 0.25) is 25.2 Å². The van der Waals surface area contributed by atoms with Gasteiger partial charge in [-0.2, -0.15) is 4.39 Å². The summed E-state index contributed by atoms with van der Waals surface area (Å²) in [6, 6.07) is 19.2. The van der Waals surface area contributed by atoms with Crippen molar-refractivity contribution in [1.29, 1.82) is 0 Å². The topological polar surface area (TPSA) is 159 Å². The number of nitrogens with one attached hydrogen (secondary N) is 2. The summed E-state index contributed by atoms with van der Waals surface area (Å²) in [6.45, 7) is 5.38. The number of hydrogen-bond acceptors (Lipinski definition) is 8. The van der Waals surface area contributed by atoms with E-state index in [1.807, 2.05) is 26.0 Å². The Balaban J connectivity index is 0.000000622. The Morgan fingerprint density at radius 2 is 1.03 bits per heavy atom. The molecule has 2 aromatic heterocycles. The molecule has 0 spiro atoms. The third kappa shape index (κ3) is 16.2. The number of carbonyl (C=O) groups is 2. The van der Waals surface area contributed by atoms with Crippen LogP contribution in [-0.4, -0.2) is 98.0 Å². The van der Waals surface area contributed by atoms with Crippen LogP contribution in [0.25, 0.3) is 0 Å². The average Bonchev–Trinajstić information content (AvgIpc) is 3.22. The first kappa shape index (κ1) is 62.4. The van der Waals surface area contributed by atoms with Gasteiger partial charge in [-0.15, -0.1) is 0 Å². The number of aromatic nitrogens is 2. The first-order valence-corrected chi connectivity index (χ1v) is 25.1. The molecule has 4 aromatic rings. The number of rotatable bonds is 14. The van der Waals surface area contributed by atoms with Gasteiger partial charge in [-0.25, -0.2) is 35.4 Å². The van der Waals surface area contributed by atoms with Crippen molar-refractivity contribution < 1.29 is 91.6 Å². The van der Waals surface area contributed by atoms with Gasteiger partial charge in [-0.05, 0) is 99.2 Å². The first-order valence-electron chi connectivity index (χ1n) is 20.0. The minimum Gasteiger partial charge on any atom is -1.00 e. The molecule has 0 saturated carbocycles. The summed E-state index contributed by atoms with van der Waals surface area (Å²) in [5.41, 5.74) is 0.573. The SMILES string of the molecule is C.CCCS(=O)(=O)N1CCC(CNC(=O)c2ccc(Cl)cc2Cl)(c2cccc(Cl)n2)CC1.CCCS(=O)(=O)N1CCC(CNC(=O)c2ccc(Cl)cc2Cl)(c2cccc([18F])n2)CC1.F.[18F-].[K+]. The molecule has 0 radical (unpaired) electrons. The summed E-state index contributed by atoms with van der Waals surface area (Å²) in [5.74, 6) is -1.13. The molecule has 4 heterocycles. The van der Waals surface area contributed by atoms with E-state index < -0.39 is 42.7 Å². The smallest absolute Gasteiger partial charge is 1.00 e. The fourth-order valence-electron chi connectivity index (χ4n) is 7.65. The third-order valence-electron chi connectivity index (χ3n) is 11.1. The molecule has 2 amide bonds. The van der Waals surface area contributed by atoms with Crippen molar-refractivity contribution in [3.8, 4) is 0 Å². The van der Waals surface area contributed by atoms with Gasteiger partial charge in [-0.1, -0.05) is 91.4 Å².